The molecule has 6 heteroatoms. The molecular weight excluding hydrogens is 374 g/mol. The van der Waals surface area contributed by atoms with Crippen molar-refractivity contribution in [1.29, 1.82) is 0 Å². The second-order valence-corrected chi connectivity index (χ2v) is 6.69. The number of nitrogens with zero attached hydrogens (tertiary/aromatic N) is 2. The van der Waals surface area contributed by atoms with Crippen LogP contribution in [-0.4, -0.2) is 22.2 Å². The molecule has 0 bridgehead atoms. The molecule has 0 unspecified atom stereocenters. The number of halogens is 1. The summed E-state index contributed by atoms with van der Waals surface area (Å²) in [6, 6.07) is 20.7. The first-order valence-electron chi connectivity index (χ1n) is 8.92. The largest absolute Gasteiger partial charge is 0.451 e. The van der Waals surface area contributed by atoms with E-state index in [0.717, 1.165) is 16.8 Å². The standard InChI is InChI=1S/C22H18ClN3O2/c23-19-9-5-4-8-18(19)20-10-11-21(28-20)22(27)24-13-12-16-14-25-26(15-16)17-6-2-1-3-7-17/h1-11,14-15H,12-13H2,(H,24,27). The summed E-state index contributed by atoms with van der Waals surface area (Å²) in [5, 5.41) is 7.82. The number of carbonyl (C=O) groups is 1. The monoisotopic (exact) mass is 391 g/mol. The third kappa shape index (κ3) is 4.00. The van der Waals surface area contributed by atoms with Crippen LogP contribution in [-0.2, 0) is 6.42 Å². The van der Waals surface area contributed by atoms with Gasteiger partial charge in [-0.25, -0.2) is 4.68 Å². The Kier molecular flexibility index (Phi) is 5.26. The fourth-order valence-electron chi connectivity index (χ4n) is 2.88. The molecule has 2 aromatic carbocycles. The minimum atomic E-state index is -0.256. The smallest absolute Gasteiger partial charge is 0.287 e. The Balaban J connectivity index is 1.34. The van der Waals surface area contributed by atoms with Crippen LogP contribution in [0.4, 0.5) is 0 Å². The number of carbonyl (C=O) groups excluding carboxylic acids is 1. The molecule has 0 aliphatic carbocycles. The Morgan fingerprint density at radius 1 is 1.04 bits per heavy atom. The van der Waals surface area contributed by atoms with Gasteiger partial charge in [0.2, 0.25) is 0 Å². The van der Waals surface area contributed by atoms with E-state index in [-0.39, 0.29) is 11.7 Å². The average molecular weight is 392 g/mol. The maximum atomic E-state index is 12.3. The number of para-hydroxylation sites is 1. The highest BCUT2D eigenvalue weighted by atomic mass is 35.5. The fraction of sp³-hybridized carbons (Fsp3) is 0.0909. The van der Waals surface area contributed by atoms with Crippen molar-refractivity contribution >= 4 is 17.5 Å². The van der Waals surface area contributed by atoms with Gasteiger partial charge in [0.1, 0.15) is 5.76 Å². The summed E-state index contributed by atoms with van der Waals surface area (Å²) in [6.45, 7) is 0.488. The maximum Gasteiger partial charge on any atom is 0.287 e. The summed E-state index contributed by atoms with van der Waals surface area (Å²) in [6.07, 6.45) is 4.45. The first-order valence-corrected chi connectivity index (χ1v) is 9.30. The highest BCUT2D eigenvalue weighted by Crippen LogP contribution is 2.28. The summed E-state index contributed by atoms with van der Waals surface area (Å²) >= 11 is 6.18. The highest BCUT2D eigenvalue weighted by molar-refractivity contribution is 6.33. The third-order valence-electron chi connectivity index (χ3n) is 4.33. The lowest BCUT2D eigenvalue weighted by molar-refractivity contribution is 0.0927. The number of amides is 1. The van der Waals surface area contributed by atoms with Crippen LogP contribution in [0.5, 0.6) is 0 Å². The minimum Gasteiger partial charge on any atom is -0.451 e. The van der Waals surface area contributed by atoms with Crippen molar-refractivity contribution in [3.8, 4) is 17.0 Å². The number of benzene rings is 2. The van der Waals surface area contributed by atoms with E-state index in [2.05, 4.69) is 10.4 Å². The van der Waals surface area contributed by atoms with E-state index in [1.165, 1.54) is 0 Å². The topological polar surface area (TPSA) is 60.1 Å². The van der Waals surface area contributed by atoms with E-state index in [1.807, 2.05) is 65.6 Å². The van der Waals surface area contributed by atoms with Crippen LogP contribution >= 0.6 is 11.6 Å². The molecule has 2 heterocycles. The van der Waals surface area contributed by atoms with Crippen LogP contribution < -0.4 is 5.32 Å². The summed E-state index contributed by atoms with van der Waals surface area (Å²) in [5.74, 6) is 0.573. The number of rotatable bonds is 6. The molecule has 0 spiro atoms. The van der Waals surface area contributed by atoms with Crippen LogP contribution in [0.15, 0.2) is 83.5 Å². The molecule has 0 atom stereocenters. The number of aromatic nitrogens is 2. The van der Waals surface area contributed by atoms with Gasteiger partial charge in [0.15, 0.2) is 5.76 Å². The summed E-state index contributed by atoms with van der Waals surface area (Å²) in [5.41, 5.74) is 2.80. The molecule has 0 saturated heterocycles. The van der Waals surface area contributed by atoms with Gasteiger partial charge in [0.05, 0.1) is 16.9 Å². The number of hydrogen-bond acceptors (Lipinski definition) is 3. The molecule has 0 fully saturated rings. The number of hydrogen-bond donors (Lipinski definition) is 1. The molecule has 2 aromatic heterocycles. The third-order valence-corrected chi connectivity index (χ3v) is 4.65. The quantitative estimate of drug-likeness (QED) is 0.515. The Hall–Kier alpha value is -3.31. The lowest BCUT2D eigenvalue weighted by Crippen LogP contribution is -2.25. The zero-order chi connectivity index (χ0) is 19.3. The lowest BCUT2D eigenvalue weighted by atomic mass is 10.2. The molecule has 0 saturated carbocycles. The second-order valence-electron chi connectivity index (χ2n) is 6.28. The van der Waals surface area contributed by atoms with Gasteiger partial charge in [0, 0.05) is 18.3 Å². The van der Waals surface area contributed by atoms with Gasteiger partial charge in [-0.15, -0.1) is 0 Å². The van der Waals surface area contributed by atoms with Crippen LogP contribution in [0.25, 0.3) is 17.0 Å². The van der Waals surface area contributed by atoms with E-state index < -0.39 is 0 Å². The van der Waals surface area contributed by atoms with Crippen molar-refractivity contribution in [2.75, 3.05) is 6.54 Å². The van der Waals surface area contributed by atoms with E-state index in [9.17, 15) is 4.79 Å². The van der Waals surface area contributed by atoms with E-state index >= 15 is 0 Å². The maximum absolute atomic E-state index is 12.3. The Bertz CT molecular complexity index is 1090. The van der Waals surface area contributed by atoms with Gasteiger partial charge in [-0.05, 0) is 48.4 Å². The molecule has 0 aliphatic rings. The molecule has 1 amide bonds. The predicted molar refractivity (Wildman–Crippen MR) is 109 cm³/mol. The number of furan rings is 1. The van der Waals surface area contributed by atoms with E-state index in [4.69, 9.17) is 16.0 Å². The van der Waals surface area contributed by atoms with Gasteiger partial charge in [-0.2, -0.15) is 5.10 Å². The van der Waals surface area contributed by atoms with Gasteiger partial charge in [-0.1, -0.05) is 41.9 Å². The molecule has 1 N–H and O–H groups in total. The van der Waals surface area contributed by atoms with Crippen LogP contribution in [0.3, 0.4) is 0 Å². The summed E-state index contributed by atoms with van der Waals surface area (Å²) in [4.78, 5) is 12.3. The predicted octanol–water partition coefficient (Wildman–Crippen LogP) is 4.76. The molecule has 28 heavy (non-hydrogen) atoms. The second kappa shape index (κ2) is 8.15. The van der Waals surface area contributed by atoms with Crippen molar-refractivity contribution in [2.24, 2.45) is 0 Å². The Labute approximate surface area is 167 Å². The zero-order valence-corrected chi connectivity index (χ0v) is 15.8. The van der Waals surface area contributed by atoms with Gasteiger partial charge < -0.3 is 9.73 Å². The molecule has 0 aliphatic heterocycles. The van der Waals surface area contributed by atoms with E-state index in [0.29, 0.717) is 23.7 Å². The van der Waals surface area contributed by atoms with Gasteiger partial charge in [0.25, 0.3) is 5.91 Å². The first-order chi connectivity index (χ1) is 13.7. The van der Waals surface area contributed by atoms with Crippen LogP contribution in [0.2, 0.25) is 5.02 Å². The van der Waals surface area contributed by atoms with Crippen molar-refractivity contribution in [1.82, 2.24) is 15.1 Å². The number of nitrogens with one attached hydrogen (secondary N) is 1. The molecular formula is C22H18ClN3O2. The summed E-state index contributed by atoms with van der Waals surface area (Å²) in [7, 11) is 0. The van der Waals surface area contributed by atoms with Crippen molar-refractivity contribution < 1.29 is 9.21 Å². The van der Waals surface area contributed by atoms with Crippen molar-refractivity contribution in [3.63, 3.8) is 0 Å². The molecule has 4 rings (SSSR count). The van der Waals surface area contributed by atoms with Crippen molar-refractivity contribution in [3.05, 3.63) is 95.5 Å². The fourth-order valence-corrected chi connectivity index (χ4v) is 3.11. The van der Waals surface area contributed by atoms with Crippen LogP contribution in [0, 0.1) is 0 Å². The Morgan fingerprint density at radius 2 is 1.82 bits per heavy atom. The van der Waals surface area contributed by atoms with Gasteiger partial charge >= 0.3 is 0 Å². The minimum absolute atomic E-state index is 0.256. The average Bonchev–Trinajstić information content (AvgIpc) is 3.39. The SMILES string of the molecule is O=C(NCCc1cnn(-c2ccccc2)c1)c1ccc(-c2ccccc2Cl)o1. The van der Waals surface area contributed by atoms with Gasteiger partial charge in [-0.3, -0.25) is 4.79 Å². The first kappa shape index (κ1) is 18.1. The van der Waals surface area contributed by atoms with Crippen LogP contribution in [0.1, 0.15) is 16.1 Å². The molecule has 4 aromatic rings. The summed E-state index contributed by atoms with van der Waals surface area (Å²) < 4.78 is 7.48. The lowest BCUT2D eigenvalue weighted by Gasteiger charge is -2.03. The normalized spacial score (nSPS) is 10.8. The molecule has 140 valence electrons. The highest BCUT2D eigenvalue weighted by Gasteiger charge is 2.13. The van der Waals surface area contributed by atoms with E-state index in [1.54, 1.807) is 18.2 Å². The zero-order valence-electron chi connectivity index (χ0n) is 15.0. The van der Waals surface area contributed by atoms with Crippen molar-refractivity contribution in [2.45, 2.75) is 6.42 Å². The Morgan fingerprint density at radius 3 is 2.64 bits per heavy atom. The molecule has 5 nitrogen and oxygen atoms in total. The molecule has 0 radical (unpaired) electrons.